The molecule has 0 bridgehead atoms. The number of imidazole rings is 1. The first-order valence-electron chi connectivity index (χ1n) is 12.2. The van der Waals surface area contributed by atoms with E-state index in [-0.39, 0.29) is 17.9 Å². The van der Waals surface area contributed by atoms with E-state index in [1.807, 2.05) is 42.5 Å². The van der Waals surface area contributed by atoms with Crippen LogP contribution in [0.5, 0.6) is 5.75 Å². The van der Waals surface area contributed by atoms with E-state index in [1.165, 1.54) is 5.56 Å². The molecule has 1 amide bonds. The van der Waals surface area contributed by atoms with Crippen LogP contribution in [-0.4, -0.2) is 64.6 Å². The molecule has 1 N–H and O–H groups in total. The van der Waals surface area contributed by atoms with Gasteiger partial charge in [-0.15, -0.1) is 0 Å². The lowest BCUT2D eigenvalue weighted by Gasteiger charge is -2.33. The minimum absolute atomic E-state index is 0.0376. The van der Waals surface area contributed by atoms with Gasteiger partial charge in [0.1, 0.15) is 11.6 Å². The quantitative estimate of drug-likeness (QED) is 0.573. The van der Waals surface area contributed by atoms with Crippen LogP contribution >= 0.6 is 0 Å². The molecule has 4 rings (SSSR count). The van der Waals surface area contributed by atoms with E-state index in [0.29, 0.717) is 5.75 Å². The van der Waals surface area contributed by atoms with Crippen LogP contribution in [0.3, 0.4) is 0 Å². The van der Waals surface area contributed by atoms with E-state index in [4.69, 9.17) is 9.72 Å². The number of ether oxygens (including phenoxy) is 1. The predicted octanol–water partition coefficient (Wildman–Crippen LogP) is 4.03. The molecule has 7 nitrogen and oxygen atoms in total. The number of nitrogens with one attached hydrogen (secondary N) is 1. The minimum Gasteiger partial charge on any atom is -0.484 e. The van der Waals surface area contributed by atoms with Gasteiger partial charge in [-0.25, -0.2) is 4.98 Å². The molecule has 1 aliphatic rings. The minimum atomic E-state index is -0.191. The second-order valence-corrected chi connectivity index (χ2v) is 10.1. The molecular formula is C27H37N5O2. The highest BCUT2D eigenvalue weighted by molar-refractivity contribution is 5.94. The van der Waals surface area contributed by atoms with Crippen molar-refractivity contribution in [3.63, 3.8) is 0 Å². The highest BCUT2D eigenvalue weighted by Gasteiger charge is 2.18. The molecule has 0 saturated carbocycles. The molecule has 3 aromatic rings. The number of anilines is 1. The smallest absolute Gasteiger partial charge is 0.262 e. The van der Waals surface area contributed by atoms with E-state index in [9.17, 15) is 4.79 Å². The molecule has 1 saturated heterocycles. The fourth-order valence-corrected chi connectivity index (χ4v) is 4.33. The van der Waals surface area contributed by atoms with Crippen molar-refractivity contribution in [1.29, 1.82) is 0 Å². The van der Waals surface area contributed by atoms with Crippen molar-refractivity contribution in [3.05, 3.63) is 53.9 Å². The van der Waals surface area contributed by atoms with Crippen molar-refractivity contribution in [1.82, 2.24) is 19.4 Å². The predicted molar refractivity (Wildman–Crippen MR) is 137 cm³/mol. The van der Waals surface area contributed by atoms with Crippen LogP contribution in [-0.2, 0) is 23.8 Å². The van der Waals surface area contributed by atoms with Gasteiger partial charge in [0.25, 0.3) is 5.91 Å². The lowest BCUT2D eigenvalue weighted by atomic mass is 9.87. The van der Waals surface area contributed by atoms with Crippen molar-refractivity contribution in [2.45, 2.75) is 39.7 Å². The first-order valence-corrected chi connectivity index (χ1v) is 12.2. The van der Waals surface area contributed by atoms with Gasteiger partial charge in [0, 0.05) is 38.9 Å². The Labute approximate surface area is 202 Å². The van der Waals surface area contributed by atoms with Crippen molar-refractivity contribution >= 4 is 22.6 Å². The van der Waals surface area contributed by atoms with Crippen LogP contribution < -0.4 is 10.1 Å². The van der Waals surface area contributed by atoms with Crippen molar-refractivity contribution in [3.8, 4) is 5.75 Å². The first kappa shape index (κ1) is 24.2. The molecule has 0 unspecified atom stereocenters. The van der Waals surface area contributed by atoms with Gasteiger partial charge >= 0.3 is 0 Å². The van der Waals surface area contributed by atoms with E-state index >= 15 is 0 Å². The van der Waals surface area contributed by atoms with E-state index in [2.05, 4.69) is 54.4 Å². The fourth-order valence-electron chi connectivity index (χ4n) is 4.33. The molecule has 1 fully saturated rings. The Balaban J connectivity index is 1.34. The Hall–Kier alpha value is -2.90. The summed E-state index contributed by atoms with van der Waals surface area (Å²) in [5.74, 6) is 1.54. The number of aryl methyl sites for hydroxylation is 1. The number of nitrogens with zero attached hydrogens (tertiary/aromatic N) is 4. The summed E-state index contributed by atoms with van der Waals surface area (Å²) < 4.78 is 7.83. The Morgan fingerprint density at radius 3 is 2.35 bits per heavy atom. The average molecular weight is 464 g/mol. The molecule has 34 heavy (non-hydrogen) atoms. The number of hydrogen-bond donors (Lipinski definition) is 1. The van der Waals surface area contributed by atoms with Gasteiger partial charge in [0.15, 0.2) is 6.61 Å². The average Bonchev–Trinajstić information content (AvgIpc) is 3.12. The Bertz CT molecular complexity index is 1120. The second kappa shape index (κ2) is 10.2. The molecule has 2 aromatic carbocycles. The third-order valence-electron chi connectivity index (χ3n) is 6.62. The number of piperazine rings is 1. The Morgan fingerprint density at radius 2 is 1.71 bits per heavy atom. The number of carbonyl (C=O) groups excluding carboxylic acids is 1. The van der Waals surface area contributed by atoms with E-state index in [1.54, 1.807) is 0 Å². The summed E-state index contributed by atoms with van der Waals surface area (Å²) in [7, 11) is 2.06. The van der Waals surface area contributed by atoms with Crippen molar-refractivity contribution < 1.29 is 9.53 Å². The standard InChI is InChI=1S/C27H37N5O2/c1-6-31-13-15-32(16-14-31)18-25-29-23-17-21(9-12-24(23)30(25)5)28-26(33)19-34-22-10-7-20(8-11-22)27(2,3)4/h7-12,17H,6,13-16,18-19H2,1-5H3,(H,28,33). The molecule has 0 atom stereocenters. The van der Waals surface area contributed by atoms with Crippen molar-refractivity contribution in [2.75, 3.05) is 44.6 Å². The molecule has 1 aromatic heterocycles. The molecule has 0 radical (unpaired) electrons. The highest BCUT2D eigenvalue weighted by Crippen LogP contribution is 2.24. The summed E-state index contributed by atoms with van der Waals surface area (Å²) in [6.07, 6.45) is 0. The number of aromatic nitrogens is 2. The normalized spacial score (nSPS) is 15.6. The SMILES string of the molecule is CCN1CCN(Cc2nc3cc(NC(=O)COc4ccc(C(C)(C)C)cc4)ccc3n2C)CC1. The summed E-state index contributed by atoms with van der Waals surface area (Å²) >= 11 is 0. The molecule has 7 heteroatoms. The maximum atomic E-state index is 12.5. The number of fused-ring (bicyclic) bond motifs is 1. The third-order valence-corrected chi connectivity index (χ3v) is 6.62. The van der Waals surface area contributed by atoms with Gasteiger partial charge in [-0.1, -0.05) is 39.8 Å². The first-order chi connectivity index (χ1) is 16.2. The van der Waals surface area contributed by atoms with Crippen LogP contribution in [0, 0.1) is 0 Å². The van der Waals surface area contributed by atoms with E-state index in [0.717, 1.165) is 61.8 Å². The molecular weight excluding hydrogens is 426 g/mol. The molecule has 0 spiro atoms. The molecule has 182 valence electrons. The molecule has 0 aliphatic carbocycles. The van der Waals surface area contributed by atoms with E-state index < -0.39 is 0 Å². The van der Waals surface area contributed by atoms with Gasteiger partial charge in [-0.2, -0.15) is 0 Å². The summed E-state index contributed by atoms with van der Waals surface area (Å²) in [6.45, 7) is 15.0. The van der Waals surface area contributed by atoms with Crippen LogP contribution in [0.1, 0.15) is 39.1 Å². The molecule has 2 heterocycles. The monoisotopic (exact) mass is 463 g/mol. The largest absolute Gasteiger partial charge is 0.484 e. The Kier molecular flexibility index (Phi) is 7.24. The summed E-state index contributed by atoms with van der Waals surface area (Å²) in [5.41, 5.74) is 4.00. The van der Waals surface area contributed by atoms with Crippen LogP contribution in [0.2, 0.25) is 0 Å². The zero-order chi connectivity index (χ0) is 24.3. The summed E-state index contributed by atoms with van der Waals surface area (Å²) in [5, 5.41) is 2.93. The lowest BCUT2D eigenvalue weighted by Crippen LogP contribution is -2.45. The topological polar surface area (TPSA) is 62.6 Å². The van der Waals surface area contributed by atoms with Gasteiger partial charge in [-0.05, 0) is 47.9 Å². The molecule has 1 aliphatic heterocycles. The Morgan fingerprint density at radius 1 is 1.03 bits per heavy atom. The second-order valence-electron chi connectivity index (χ2n) is 10.1. The van der Waals surface area contributed by atoms with Crippen molar-refractivity contribution in [2.24, 2.45) is 7.05 Å². The van der Waals surface area contributed by atoms with Crippen LogP contribution in [0.4, 0.5) is 5.69 Å². The lowest BCUT2D eigenvalue weighted by molar-refractivity contribution is -0.118. The highest BCUT2D eigenvalue weighted by atomic mass is 16.5. The zero-order valence-electron chi connectivity index (χ0n) is 21.1. The maximum absolute atomic E-state index is 12.5. The number of likely N-dealkylation sites (N-methyl/N-ethyl adjacent to an activating group) is 1. The van der Waals surface area contributed by atoms with Crippen LogP contribution in [0.25, 0.3) is 11.0 Å². The summed E-state index contributed by atoms with van der Waals surface area (Å²) in [6, 6.07) is 13.8. The van der Waals surface area contributed by atoms with Gasteiger partial charge in [0.05, 0.1) is 17.6 Å². The third kappa shape index (κ3) is 5.77. The number of carbonyl (C=O) groups is 1. The number of amides is 1. The number of benzene rings is 2. The number of hydrogen-bond acceptors (Lipinski definition) is 5. The number of rotatable bonds is 7. The fraction of sp³-hybridized carbons (Fsp3) is 0.481. The van der Waals surface area contributed by atoms with Crippen LogP contribution in [0.15, 0.2) is 42.5 Å². The van der Waals surface area contributed by atoms with Gasteiger partial charge in [0.2, 0.25) is 0 Å². The zero-order valence-corrected chi connectivity index (χ0v) is 21.1. The maximum Gasteiger partial charge on any atom is 0.262 e. The summed E-state index contributed by atoms with van der Waals surface area (Å²) in [4.78, 5) is 22.3. The van der Waals surface area contributed by atoms with Gasteiger partial charge < -0.3 is 19.5 Å². The van der Waals surface area contributed by atoms with Gasteiger partial charge in [-0.3, -0.25) is 9.69 Å².